The largest absolute Gasteiger partial charge is 0.388 e. The Labute approximate surface area is 136 Å². The molecule has 23 heavy (non-hydrogen) atoms. The summed E-state index contributed by atoms with van der Waals surface area (Å²) >= 11 is 0. The summed E-state index contributed by atoms with van der Waals surface area (Å²) in [6.45, 7) is 2.89. The van der Waals surface area contributed by atoms with Crippen LogP contribution in [0.2, 0.25) is 0 Å². The summed E-state index contributed by atoms with van der Waals surface area (Å²) in [7, 11) is 1.58. The van der Waals surface area contributed by atoms with Crippen LogP contribution in [0.15, 0.2) is 18.3 Å². The predicted molar refractivity (Wildman–Crippen MR) is 86.7 cm³/mol. The van der Waals surface area contributed by atoms with E-state index in [1.807, 2.05) is 19.1 Å². The highest BCUT2D eigenvalue weighted by Gasteiger charge is 2.35. The molecule has 6 heteroatoms. The average molecular weight is 319 g/mol. The highest BCUT2D eigenvalue weighted by molar-refractivity contribution is 5.78. The van der Waals surface area contributed by atoms with E-state index < -0.39 is 5.60 Å². The first-order valence-electron chi connectivity index (χ1n) is 8.04. The van der Waals surface area contributed by atoms with Crippen LogP contribution in [0.4, 0.5) is 0 Å². The van der Waals surface area contributed by atoms with Gasteiger partial charge in [-0.3, -0.25) is 14.6 Å². The van der Waals surface area contributed by atoms with Crippen LogP contribution < -0.4 is 5.32 Å². The van der Waals surface area contributed by atoms with Gasteiger partial charge in [0.1, 0.15) is 0 Å². The average Bonchev–Trinajstić information content (AvgIpc) is 2.55. The fourth-order valence-corrected chi connectivity index (χ4v) is 2.87. The van der Waals surface area contributed by atoms with Gasteiger partial charge in [0.15, 0.2) is 0 Å². The Balaban J connectivity index is 1.92. The number of likely N-dealkylation sites (tertiary alicyclic amines) is 1. The lowest BCUT2D eigenvalue weighted by molar-refractivity contribution is -0.138. The van der Waals surface area contributed by atoms with Crippen molar-refractivity contribution in [3.8, 4) is 0 Å². The molecule has 1 aromatic heterocycles. The van der Waals surface area contributed by atoms with Gasteiger partial charge in [-0.05, 0) is 37.8 Å². The molecule has 126 valence electrons. The lowest BCUT2D eigenvalue weighted by Gasteiger charge is -2.39. The number of amides is 2. The molecule has 0 saturated carbocycles. The molecule has 1 atom stereocenters. The summed E-state index contributed by atoms with van der Waals surface area (Å²) in [5.74, 6) is -0.120. The minimum absolute atomic E-state index is 0.0283. The summed E-state index contributed by atoms with van der Waals surface area (Å²) in [4.78, 5) is 29.7. The summed E-state index contributed by atoms with van der Waals surface area (Å²) in [6.07, 6.45) is 4.01. The highest BCUT2D eigenvalue weighted by atomic mass is 16.3. The van der Waals surface area contributed by atoms with Crippen molar-refractivity contribution >= 4 is 11.8 Å². The molecule has 0 spiro atoms. The predicted octanol–water partition coefficient (Wildman–Crippen LogP) is 0.812. The number of carbonyl (C=O) groups is 2. The molecule has 1 aliphatic rings. The minimum Gasteiger partial charge on any atom is -0.388 e. The van der Waals surface area contributed by atoms with Crippen LogP contribution in [-0.4, -0.2) is 52.5 Å². The molecule has 1 saturated heterocycles. The van der Waals surface area contributed by atoms with Crippen LogP contribution >= 0.6 is 0 Å². The maximum atomic E-state index is 12.4. The third kappa shape index (κ3) is 5.03. The number of nitrogens with one attached hydrogen (secondary N) is 1. The molecule has 2 heterocycles. The van der Waals surface area contributed by atoms with E-state index in [4.69, 9.17) is 0 Å². The maximum Gasteiger partial charge on any atom is 0.228 e. The van der Waals surface area contributed by atoms with Gasteiger partial charge in [-0.25, -0.2) is 0 Å². The quantitative estimate of drug-likeness (QED) is 0.841. The Morgan fingerprint density at radius 3 is 2.87 bits per heavy atom. The van der Waals surface area contributed by atoms with Gasteiger partial charge in [0, 0.05) is 38.4 Å². The van der Waals surface area contributed by atoms with Crippen molar-refractivity contribution in [2.75, 3.05) is 20.1 Å². The van der Waals surface area contributed by atoms with Crippen molar-refractivity contribution in [2.45, 2.75) is 44.6 Å². The zero-order chi connectivity index (χ0) is 16.9. The van der Waals surface area contributed by atoms with E-state index in [-0.39, 0.29) is 31.2 Å². The standard InChI is InChI=1S/C17H25N3O3/c1-13-4-5-14(19-11-13)10-16(22)20-9-3-7-17(23,12-20)8-6-15(21)18-2/h4-5,11,23H,3,6-10,12H2,1-2H3,(H,18,21)/t17-/m0/s1. The number of carbonyl (C=O) groups excluding carboxylic acids is 2. The number of β-amino-alcohol motifs (C(OH)–C–C–N with tert-alkyl or cyclic N) is 1. The number of pyridine rings is 1. The molecule has 1 aromatic rings. The van der Waals surface area contributed by atoms with E-state index >= 15 is 0 Å². The molecule has 0 bridgehead atoms. The van der Waals surface area contributed by atoms with Crippen LogP contribution in [0, 0.1) is 6.92 Å². The second kappa shape index (κ2) is 7.55. The normalized spacial score (nSPS) is 21.1. The van der Waals surface area contributed by atoms with Gasteiger partial charge >= 0.3 is 0 Å². The fourth-order valence-electron chi connectivity index (χ4n) is 2.87. The lowest BCUT2D eigenvalue weighted by atomic mass is 9.88. The van der Waals surface area contributed by atoms with Crippen LogP contribution in [0.25, 0.3) is 0 Å². The number of nitrogens with zero attached hydrogens (tertiary/aromatic N) is 2. The van der Waals surface area contributed by atoms with E-state index in [0.717, 1.165) is 17.7 Å². The SMILES string of the molecule is CNC(=O)CC[C@@]1(O)CCCN(C(=O)Cc2ccc(C)cn2)C1. The van der Waals surface area contributed by atoms with E-state index in [2.05, 4.69) is 10.3 Å². The third-order valence-electron chi connectivity index (χ3n) is 4.31. The number of aryl methyl sites for hydroxylation is 1. The lowest BCUT2D eigenvalue weighted by Crippen LogP contribution is -2.51. The molecular weight excluding hydrogens is 294 g/mol. The van der Waals surface area contributed by atoms with Gasteiger partial charge in [0.05, 0.1) is 12.0 Å². The molecule has 2 rings (SSSR count). The first kappa shape index (κ1) is 17.4. The van der Waals surface area contributed by atoms with Crippen molar-refractivity contribution in [1.82, 2.24) is 15.2 Å². The zero-order valence-corrected chi connectivity index (χ0v) is 13.8. The Kier molecular flexibility index (Phi) is 5.71. The van der Waals surface area contributed by atoms with Crippen LogP contribution in [-0.2, 0) is 16.0 Å². The summed E-state index contributed by atoms with van der Waals surface area (Å²) < 4.78 is 0. The molecule has 2 N–H and O–H groups in total. The number of hydrogen-bond donors (Lipinski definition) is 2. The number of rotatable bonds is 5. The zero-order valence-electron chi connectivity index (χ0n) is 13.8. The molecule has 0 aromatic carbocycles. The molecule has 6 nitrogen and oxygen atoms in total. The molecule has 0 aliphatic carbocycles. The molecule has 1 aliphatic heterocycles. The van der Waals surface area contributed by atoms with Crippen molar-refractivity contribution < 1.29 is 14.7 Å². The summed E-state index contributed by atoms with van der Waals surface area (Å²) in [6, 6.07) is 3.79. The van der Waals surface area contributed by atoms with E-state index in [9.17, 15) is 14.7 Å². The maximum absolute atomic E-state index is 12.4. The Bertz CT molecular complexity index is 559. The number of aliphatic hydroxyl groups is 1. The number of piperidine rings is 1. The van der Waals surface area contributed by atoms with Crippen molar-refractivity contribution in [1.29, 1.82) is 0 Å². The van der Waals surface area contributed by atoms with E-state index in [0.29, 0.717) is 19.4 Å². The van der Waals surface area contributed by atoms with Gasteiger partial charge < -0.3 is 15.3 Å². The second-order valence-corrected chi connectivity index (χ2v) is 6.32. The molecular formula is C17H25N3O3. The van der Waals surface area contributed by atoms with Crippen LogP contribution in [0.5, 0.6) is 0 Å². The van der Waals surface area contributed by atoms with Crippen LogP contribution in [0.3, 0.4) is 0 Å². The topological polar surface area (TPSA) is 82.5 Å². The van der Waals surface area contributed by atoms with Gasteiger partial charge in [-0.2, -0.15) is 0 Å². The molecule has 0 unspecified atom stereocenters. The Morgan fingerprint density at radius 2 is 2.22 bits per heavy atom. The minimum atomic E-state index is -0.971. The molecule has 1 fully saturated rings. The third-order valence-corrected chi connectivity index (χ3v) is 4.31. The van der Waals surface area contributed by atoms with Crippen molar-refractivity contribution in [2.24, 2.45) is 0 Å². The summed E-state index contributed by atoms with van der Waals surface area (Å²) in [5.41, 5.74) is 0.823. The van der Waals surface area contributed by atoms with Gasteiger partial charge in [-0.15, -0.1) is 0 Å². The number of hydrogen-bond acceptors (Lipinski definition) is 4. The number of aromatic nitrogens is 1. The smallest absolute Gasteiger partial charge is 0.228 e. The first-order valence-corrected chi connectivity index (χ1v) is 8.04. The van der Waals surface area contributed by atoms with Gasteiger partial charge in [0.2, 0.25) is 11.8 Å². The monoisotopic (exact) mass is 319 g/mol. The van der Waals surface area contributed by atoms with Crippen molar-refractivity contribution in [3.63, 3.8) is 0 Å². The fraction of sp³-hybridized carbons (Fsp3) is 0.588. The summed E-state index contributed by atoms with van der Waals surface area (Å²) in [5, 5.41) is 13.2. The van der Waals surface area contributed by atoms with Crippen molar-refractivity contribution in [3.05, 3.63) is 29.6 Å². The van der Waals surface area contributed by atoms with Gasteiger partial charge in [-0.1, -0.05) is 6.07 Å². The Hall–Kier alpha value is -1.95. The molecule has 0 radical (unpaired) electrons. The first-order chi connectivity index (χ1) is 10.9. The van der Waals surface area contributed by atoms with Crippen LogP contribution in [0.1, 0.15) is 36.9 Å². The Morgan fingerprint density at radius 1 is 1.43 bits per heavy atom. The van der Waals surface area contributed by atoms with E-state index in [1.165, 1.54) is 0 Å². The van der Waals surface area contributed by atoms with E-state index in [1.54, 1.807) is 18.1 Å². The highest BCUT2D eigenvalue weighted by Crippen LogP contribution is 2.26. The second-order valence-electron chi connectivity index (χ2n) is 6.32. The molecule has 2 amide bonds. The van der Waals surface area contributed by atoms with Gasteiger partial charge in [0.25, 0.3) is 0 Å².